The molecule has 2 aromatic carbocycles. The molecule has 3 rings (SSSR count). The van der Waals surface area contributed by atoms with Gasteiger partial charge in [0.25, 0.3) is 11.6 Å². The number of amides is 1. The molecule has 7 heteroatoms. The van der Waals surface area contributed by atoms with E-state index in [0.29, 0.717) is 11.5 Å². The molecule has 1 heterocycles. The van der Waals surface area contributed by atoms with Crippen molar-refractivity contribution < 1.29 is 14.1 Å². The smallest absolute Gasteiger partial charge is 0.271 e. The topological polar surface area (TPSA) is 97.7 Å². The number of benzene rings is 2. The molecule has 0 radical (unpaired) electrons. The number of hydrogen-bond donors (Lipinski definition) is 1. The van der Waals surface area contributed by atoms with Crippen LogP contribution in [0.5, 0.6) is 0 Å². The largest absolute Gasteiger partial charge is 0.455 e. The molecule has 0 aliphatic heterocycles. The molecule has 1 aromatic heterocycles. The first kappa shape index (κ1) is 16.1. The second-order valence-electron chi connectivity index (χ2n) is 5.07. The number of nitrogens with zero attached hydrogens (tertiary/aromatic N) is 2. The van der Waals surface area contributed by atoms with Crippen LogP contribution in [0.3, 0.4) is 0 Å². The molecule has 0 bridgehead atoms. The van der Waals surface area contributed by atoms with Crippen molar-refractivity contribution in [1.82, 2.24) is 5.43 Å². The molecule has 3 aromatic rings. The molecule has 0 unspecified atom stereocenters. The lowest BCUT2D eigenvalue weighted by atomic mass is 10.2. The highest BCUT2D eigenvalue weighted by atomic mass is 16.6. The van der Waals surface area contributed by atoms with E-state index in [9.17, 15) is 14.9 Å². The van der Waals surface area contributed by atoms with Crippen molar-refractivity contribution in [1.29, 1.82) is 0 Å². The van der Waals surface area contributed by atoms with Gasteiger partial charge in [-0.1, -0.05) is 36.4 Å². The number of nitro benzene ring substituents is 1. The highest BCUT2D eigenvalue weighted by Gasteiger charge is 2.10. The van der Waals surface area contributed by atoms with Crippen LogP contribution in [0.25, 0.3) is 11.3 Å². The zero-order valence-corrected chi connectivity index (χ0v) is 13.0. The van der Waals surface area contributed by atoms with Gasteiger partial charge in [-0.05, 0) is 18.2 Å². The van der Waals surface area contributed by atoms with E-state index in [2.05, 4.69) is 10.5 Å². The summed E-state index contributed by atoms with van der Waals surface area (Å²) in [4.78, 5) is 22.1. The van der Waals surface area contributed by atoms with Crippen molar-refractivity contribution in [3.63, 3.8) is 0 Å². The first-order valence-corrected chi connectivity index (χ1v) is 7.36. The van der Waals surface area contributed by atoms with E-state index >= 15 is 0 Å². The molecule has 0 saturated heterocycles. The van der Waals surface area contributed by atoms with Crippen molar-refractivity contribution in [2.45, 2.75) is 0 Å². The number of nitro groups is 1. The van der Waals surface area contributed by atoms with E-state index in [4.69, 9.17) is 4.42 Å². The number of furan rings is 1. The minimum atomic E-state index is -0.562. The Hall–Kier alpha value is -3.74. The van der Waals surface area contributed by atoms with Crippen LogP contribution in [0.2, 0.25) is 0 Å². The molecular formula is C18H13N3O4. The molecule has 7 nitrogen and oxygen atoms in total. The van der Waals surface area contributed by atoms with Crippen LogP contribution in [0, 0.1) is 10.1 Å². The molecule has 1 N–H and O–H groups in total. The summed E-state index contributed by atoms with van der Waals surface area (Å²) in [5.74, 6) is 0.611. The van der Waals surface area contributed by atoms with Crippen molar-refractivity contribution in [3.8, 4) is 11.3 Å². The van der Waals surface area contributed by atoms with Crippen LogP contribution >= 0.6 is 0 Å². The molecule has 0 fully saturated rings. The predicted molar refractivity (Wildman–Crippen MR) is 92.3 cm³/mol. The van der Waals surface area contributed by atoms with Crippen LogP contribution in [0.1, 0.15) is 16.1 Å². The van der Waals surface area contributed by atoms with Crippen LogP contribution < -0.4 is 5.43 Å². The lowest BCUT2D eigenvalue weighted by Crippen LogP contribution is -2.17. The van der Waals surface area contributed by atoms with Crippen LogP contribution in [0.4, 0.5) is 5.69 Å². The molecule has 25 heavy (non-hydrogen) atoms. The minimum Gasteiger partial charge on any atom is -0.455 e. The van der Waals surface area contributed by atoms with Gasteiger partial charge in [0, 0.05) is 23.3 Å². The Morgan fingerprint density at radius 2 is 1.88 bits per heavy atom. The van der Waals surface area contributed by atoms with Crippen molar-refractivity contribution in [3.05, 3.63) is 88.2 Å². The highest BCUT2D eigenvalue weighted by molar-refractivity contribution is 5.95. The molecule has 0 aliphatic carbocycles. The Labute approximate surface area is 142 Å². The van der Waals surface area contributed by atoms with E-state index in [-0.39, 0.29) is 11.3 Å². The molecule has 124 valence electrons. The van der Waals surface area contributed by atoms with Gasteiger partial charge in [-0.25, -0.2) is 5.43 Å². The van der Waals surface area contributed by atoms with Crippen LogP contribution in [-0.4, -0.2) is 17.0 Å². The molecule has 1 amide bonds. The third-order valence-electron chi connectivity index (χ3n) is 3.36. The van der Waals surface area contributed by atoms with E-state index in [1.165, 1.54) is 30.5 Å². The van der Waals surface area contributed by atoms with Gasteiger partial charge in [0.2, 0.25) is 0 Å². The van der Waals surface area contributed by atoms with E-state index in [1.54, 1.807) is 12.1 Å². The lowest BCUT2D eigenvalue weighted by molar-refractivity contribution is -0.384. The summed E-state index contributed by atoms with van der Waals surface area (Å²) < 4.78 is 5.62. The number of carbonyl (C=O) groups excluding carboxylic acids is 1. The van der Waals surface area contributed by atoms with Crippen molar-refractivity contribution in [2.24, 2.45) is 5.10 Å². The minimum absolute atomic E-state index is 0.149. The maximum absolute atomic E-state index is 12.0. The number of nitrogens with one attached hydrogen (secondary N) is 1. The molecule has 0 aliphatic rings. The van der Waals surface area contributed by atoms with Gasteiger partial charge in [0.1, 0.15) is 11.5 Å². The Kier molecular flexibility index (Phi) is 4.66. The summed E-state index contributed by atoms with van der Waals surface area (Å²) in [5.41, 5.74) is 3.24. The van der Waals surface area contributed by atoms with E-state index < -0.39 is 10.8 Å². The standard InChI is InChI=1S/C18H13N3O4/c22-18(14-7-4-8-15(11-14)21(23)24)20-19-12-16-9-10-17(25-16)13-5-2-1-3-6-13/h1-12H,(H,20,22)/b19-12-. The monoisotopic (exact) mass is 335 g/mol. The fourth-order valence-corrected chi connectivity index (χ4v) is 2.16. The maximum atomic E-state index is 12.0. The number of hydrazone groups is 1. The Morgan fingerprint density at radius 3 is 2.64 bits per heavy atom. The maximum Gasteiger partial charge on any atom is 0.271 e. The predicted octanol–water partition coefficient (Wildman–Crippen LogP) is 3.62. The molecular weight excluding hydrogens is 322 g/mol. The molecule has 0 spiro atoms. The van der Waals surface area contributed by atoms with Crippen LogP contribution in [0.15, 0.2) is 76.2 Å². The average molecular weight is 335 g/mol. The Balaban J connectivity index is 1.65. The van der Waals surface area contributed by atoms with E-state index in [1.807, 2.05) is 30.3 Å². The number of non-ortho nitro benzene ring substituents is 1. The normalized spacial score (nSPS) is 10.7. The third-order valence-corrected chi connectivity index (χ3v) is 3.36. The van der Waals surface area contributed by atoms with E-state index in [0.717, 1.165) is 5.56 Å². The number of carbonyl (C=O) groups is 1. The fourth-order valence-electron chi connectivity index (χ4n) is 2.16. The SMILES string of the molecule is O=C(N/N=C\c1ccc(-c2ccccc2)o1)c1cccc([N+](=O)[O-])c1. The lowest BCUT2D eigenvalue weighted by Gasteiger charge is -1.99. The first-order valence-electron chi connectivity index (χ1n) is 7.36. The summed E-state index contributed by atoms with van der Waals surface area (Å²) in [6.45, 7) is 0. The third kappa shape index (κ3) is 3.97. The van der Waals surface area contributed by atoms with Gasteiger partial charge in [-0.15, -0.1) is 0 Å². The quantitative estimate of drug-likeness (QED) is 0.437. The second-order valence-corrected chi connectivity index (χ2v) is 5.07. The number of rotatable bonds is 5. The number of hydrogen-bond acceptors (Lipinski definition) is 5. The van der Waals surface area contributed by atoms with Gasteiger partial charge in [-0.3, -0.25) is 14.9 Å². The summed E-state index contributed by atoms with van der Waals surface area (Å²) in [6.07, 6.45) is 1.36. The summed E-state index contributed by atoms with van der Waals surface area (Å²) >= 11 is 0. The van der Waals surface area contributed by atoms with Gasteiger partial charge < -0.3 is 4.42 Å². The Bertz CT molecular complexity index is 932. The second kappa shape index (κ2) is 7.22. The fraction of sp³-hybridized carbons (Fsp3) is 0. The van der Waals surface area contributed by atoms with Gasteiger partial charge in [0.05, 0.1) is 11.1 Å². The average Bonchev–Trinajstić information content (AvgIpc) is 3.11. The molecule has 0 saturated carbocycles. The summed E-state index contributed by atoms with van der Waals surface area (Å²) in [5, 5.41) is 14.5. The highest BCUT2D eigenvalue weighted by Crippen LogP contribution is 2.20. The van der Waals surface area contributed by atoms with Crippen molar-refractivity contribution >= 4 is 17.8 Å². The zero-order chi connectivity index (χ0) is 17.6. The van der Waals surface area contributed by atoms with Gasteiger partial charge in [-0.2, -0.15) is 5.10 Å². The first-order chi connectivity index (χ1) is 12.1. The Morgan fingerprint density at radius 1 is 1.08 bits per heavy atom. The summed E-state index contributed by atoms with van der Waals surface area (Å²) in [6, 6.07) is 18.5. The van der Waals surface area contributed by atoms with Crippen LogP contribution in [-0.2, 0) is 0 Å². The zero-order valence-electron chi connectivity index (χ0n) is 13.0. The molecule has 0 atom stereocenters. The summed E-state index contributed by atoms with van der Waals surface area (Å²) in [7, 11) is 0. The van der Waals surface area contributed by atoms with Gasteiger partial charge in [0.15, 0.2) is 0 Å². The van der Waals surface area contributed by atoms with Crippen molar-refractivity contribution in [2.75, 3.05) is 0 Å². The van der Waals surface area contributed by atoms with Gasteiger partial charge >= 0.3 is 0 Å².